The third-order valence-electron chi connectivity index (χ3n) is 4.55. The Balaban J connectivity index is 2.18. The van der Waals surface area contributed by atoms with Crippen LogP contribution in [-0.4, -0.2) is 30.6 Å². The van der Waals surface area contributed by atoms with Gasteiger partial charge in [0, 0.05) is 19.5 Å². The molecular weight excluding hydrogens is 310 g/mol. The monoisotopic (exact) mass is 333 g/mol. The Morgan fingerprint density at radius 2 is 1.90 bits per heavy atom. The number of rotatable bonds is 5. The van der Waals surface area contributed by atoms with Crippen molar-refractivity contribution in [3.05, 3.63) is 11.4 Å². The first-order chi connectivity index (χ1) is 9.81. The lowest BCUT2D eigenvalue weighted by molar-refractivity contribution is 0.223. The van der Waals surface area contributed by atoms with E-state index < -0.39 is 10.0 Å². The molecular formula is C14H24ClN3O2S. The van der Waals surface area contributed by atoms with Crippen LogP contribution in [0, 0.1) is 19.3 Å². The van der Waals surface area contributed by atoms with Gasteiger partial charge in [0.05, 0.1) is 11.4 Å². The number of hydrogen-bond acceptors (Lipinski definition) is 3. The molecule has 21 heavy (non-hydrogen) atoms. The summed E-state index contributed by atoms with van der Waals surface area (Å²) in [6.07, 6.45) is 5.44. The highest BCUT2D eigenvalue weighted by atomic mass is 35.5. The van der Waals surface area contributed by atoms with Crippen molar-refractivity contribution in [2.45, 2.75) is 50.8 Å². The Morgan fingerprint density at radius 1 is 1.29 bits per heavy atom. The van der Waals surface area contributed by atoms with Crippen LogP contribution in [-0.2, 0) is 17.1 Å². The summed E-state index contributed by atoms with van der Waals surface area (Å²) in [4.78, 5) is 0.297. The number of aryl methyl sites for hydroxylation is 2. The smallest absolute Gasteiger partial charge is 0.244 e. The Kier molecular flexibility index (Phi) is 5.00. The fraction of sp³-hybridized carbons (Fsp3) is 0.786. The van der Waals surface area contributed by atoms with Crippen LogP contribution in [0.15, 0.2) is 4.90 Å². The van der Waals surface area contributed by atoms with E-state index >= 15 is 0 Å². The van der Waals surface area contributed by atoms with E-state index in [0.717, 1.165) is 25.7 Å². The predicted molar refractivity (Wildman–Crippen MR) is 84.1 cm³/mol. The lowest BCUT2D eigenvalue weighted by Gasteiger charge is -2.35. The maximum atomic E-state index is 12.6. The van der Waals surface area contributed by atoms with E-state index in [9.17, 15) is 8.42 Å². The molecule has 0 atom stereocenters. The number of halogens is 1. The summed E-state index contributed by atoms with van der Waals surface area (Å²) in [5.41, 5.74) is 1.09. The van der Waals surface area contributed by atoms with Crippen molar-refractivity contribution < 1.29 is 8.42 Å². The van der Waals surface area contributed by atoms with Gasteiger partial charge in [0.2, 0.25) is 10.0 Å². The summed E-state index contributed by atoms with van der Waals surface area (Å²) >= 11 is 6.13. The van der Waals surface area contributed by atoms with Crippen molar-refractivity contribution in [3.8, 4) is 0 Å². The minimum atomic E-state index is -3.54. The topological polar surface area (TPSA) is 64.0 Å². The number of nitrogens with zero attached hydrogens (tertiary/aromatic N) is 2. The Bertz CT molecular complexity index is 604. The second-order valence-corrected chi connectivity index (χ2v) is 8.11. The van der Waals surface area contributed by atoms with Gasteiger partial charge in [0.25, 0.3) is 0 Å². The molecule has 1 fully saturated rings. The molecule has 1 aromatic rings. The number of sulfonamides is 1. The van der Waals surface area contributed by atoms with Crippen LogP contribution >= 0.6 is 11.6 Å². The average molecular weight is 334 g/mol. The quantitative estimate of drug-likeness (QED) is 0.842. The van der Waals surface area contributed by atoms with E-state index in [0.29, 0.717) is 28.7 Å². The molecule has 0 saturated heterocycles. The van der Waals surface area contributed by atoms with E-state index in [2.05, 4.69) is 9.82 Å². The van der Waals surface area contributed by atoms with Gasteiger partial charge in [-0.25, -0.2) is 13.1 Å². The fourth-order valence-electron chi connectivity index (χ4n) is 3.12. The van der Waals surface area contributed by atoms with Gasteiger partial charge >= 0.3 is 0 Å². The minimum Gasteiger partial charge on any atom is -0.271 e. The van der Waals surface area contributed by atoms with Crippen LogP contribution < -0.4 is 4.72 Å². The molecule has 1 saturated carbocycles. The molecule has 0 bridgehead atoms. The zero-order chi connectivity index (χ0) is 15.7. The molecule has 0 amide bonds. The lowest BCUT2D eigenvalue weighted by Crippen LogP contribution is -2.40. The SMILES string of the molecule is Cc1nn(C)c(C)c1S(=O)(=O)NCC1(CCl)CCCCC1. The average Bonchev–Trinajstić information content (AvgIpc) is 2.71. The second-order valence-electron chi connectivity index (χ2n) is 6.14. The molecule has 7 heteroatoms. The third kappa shape index (κ3) is 3.43. The largest absolute Gasteiger partial charge is 0.271 e. The molecule has 0 radical (unpaired) electrons. The molecule has 1 heterocycles. The Labute approximate surface area is 132 Å². The van der Waals surface area contributed by atoms with Crippen LogP contribution in [0.4, 0.5) is 0 Å². The number of nitrogens with one attached hydrogen (secondary N) is 1. The van der Waals surface area contributed by atoms with Crippen LogP contribution in [0.3, 0.4) is 0 Å². The van der Waals surface area contributed by atoms with Crippen LogP contribution in [0.2, 0.25) is 0 Å². The molecule has 1 aromatic heterocycles. The molecule has 2 rings (SSSR count). The zero-order valence-electron chi connectivity index (χ0n) is 12.9. The summed E-state index contributed by atoms with van der Waals surface area (Å²) in [7, 11) is -1.79. The van der Waals surface area contributed by atoms with E-state index in [4.69, 9.17) is 11.6 Å². The van der Waals surface area contributed by atoms with Gasteiger partial charge in [-0.05, 0) is 32.1 Å². The second kappa shape index (κ2) is 6.26. The predicted octanol–water partition coefficient (Wildman–Crippen LogP) is 2.50. The minimum absolute atomic E-state index is 0.100. The lowest BCUT2D eigenvalue weighted by atomic mass is 9.76. The summed E-state index contributed by atoms with van der Waals surface area (Å²) in [6.45, 7) is 3.90. The molecule has 1 N–H and O–H groups in total. The van der Waals surface area contributed by atoms with Gasteiger partial charge < -0.3 is 0 Å². The first-order valence-electron chi connectivity index (χ1n) is 7.37. The molecule has 0 aromatic carbocycles. The van der Waals surface area contributed by atoms with Gasteiger partial charge in [0.15, 0.2) is 0 Å². The van der Waals surface area contributed by atoms with Crippen molar-refractivity contribution in [1.82, 2.24) is 14.5 Å². The first kappa shape index (κ1) is 16.8. The zero-order valence-corrected chi connectivity index (χ0v) is 14.5. The molecule has 0 spiro atoms. The van der Waals surface area contributed by atoms with Crippen molar-refractivity contribution in [3.63, 3.8) is 0 Å². The number of aromatic nitrogens is 2. The number of alkyl halides is 1. The summed E-state index contributed by atoms with van der Waals surface area (Å²) < 4.78 is 29.5. The van der Waals surface area contributed by atoms with Crippen LogP contribution in [0.1, 0.15) is 43.5 Å². The number of hydrogen-bond donors (Lipinski definition) is 1. The van der Waals surface area contributed by atoms with Crippen LogP contribution in [0.25, 0.3) is 0 Å². The van der Waals surface area contributed by atoms with Crippen molar-refractivity contribution in [1.29, 1.82) is 0 Å². The Hall–Kier alpha value is -0.590. The highest BCUT2D eigenvalue weighted by Gasteiger charge is 2.33. The molecule has 120 valence electrons. The molecule has 0 aliphatic heterocycles. The van der Waals surface area contributed by atoms with Crippen molar-refractivity contribution in [2.75, 3.05) is 12.4 Å². The van der Waals surface area contributed by atoms with Gasteiger partial charge in [-0.1, -0.05) is 19.3 Å². The first-order valence-corrected chi connectivity index (χ1v) is 9.39. The summed E-state index contributed by atoms with van der Waals surface area (Å²) in [5.74, 6) is 0.501. The fourth-order valence-corrected chi connectivity index (χ4v) is 5.08. The summed E-state index contributed by atoms with van der Waals surface area (Å²) in [6, 6.07) is 0. The van der Waals surface area contributed by atoms with Crippen molar-refractivity contribution >= 4 is 21.6 Å². The van der Waals surface area contributed by atoms with Gasteiger partial charge in [0.1, 0.15) is 4.90 Å². The van der Waals surface area contributed by atoms with Gasteiger partial charge in [-0.3, -0.25) is 4.68 Å². The molecule has 5 nitrogen and oxygen atoms in total. The van der Waals surface area contributed by atoms with Gasteiger partial charge in [-0.15, -0.1) is 11.6 Å². The molecule has 0 unspecified atom stereocenters. The normalized spacial score (nSPS) is 18.9. The summed E-state index contributed by atoms with van der Waals surface area (Å²) in [5, 5.41) is 4.18. The van der Waals surface area contributed by atoms with E-state index in [-0.39, 0.29) is 5.41 Å². The van der Waals surface area contributed by atoms with Crippen molar-refractivity contribution in [2.24, 2.45) is 12.5 Å². The maximum absolute atomic E-state index is 12.6. The van der Waals surface area contributed by atoms with E-state index in [1.807, 2.05) is 0 Å². The third-order valence-corrected chi connectivity index (χ3v) is 6.77. The van der Waals surface area contributed by atoms with Gasteiger partial charge in [-0.2, -0.15) is 5.10 Å². The molecule has 1 aliphatic carbocycles. The van der Waals surface area contributed by atoms with E-state index in [1.54, 1.807) is 25.6 Å². The highest BCUT2D eigenvalue weighted by Crippen LogP contribution is 2.37. The standard InChI is InChI=1S/C14H24ClN3O2S/c1-11-13(12(2)18(3)17-11)21(19,20)16-10-14(9-15)7-5-4-6-8-14/h16H,4-10H2,1-3H3. The van der Waals surface area contributed by atoms with Crippen LogP contribution in [0.5, 0.6) is 0 Å². The Morgan fingerprint density at radius 3 is 2.38 bits per heavy atom. The molecule has 1 aliphatic rings. The highest BCUT2D eigenvalue weighted by molar-refractivity contribution is 7.89. The maximum Gasteiger partial charge on any atom is 0.244 e. The van der Waals surface area contributed by atoms with E-state index in [1.165, 1.54) is 6.42 Å².